The van der Waals surface area contributed by atoms with E-state index >= 15 is 0 Å². The smallest absolute Gasteiger partial charge is 0.254 e. The molecule has 0 aromatic heterocycles. The molecule has 0 atom stereocenters. The van der Waals surface area contributed by atoms with Crippen LogP contribution in [0, 0.1) is 5.41 Å². The number of ether oxygens (including phenoxy) is 3. The highest BCUT2D eigenvalue weighted by molar-refractivity contribution is 8.93. The first-order chi connectivity index (χ1) is 16.1. The van der Waals surface area contributed by atoms with Crippen molar-refractivity contribution >= 4 is 34.5 Å². The fourth-order valence-corrected chi connectivity index (χ4v) is 4.29. The summed E-state index contributed by atoms with van der Waals surface area (Å²) in [6, 6.07) is 7.08. The van der Waals surface area contributed by atoms with Crippen molar-refractivity contribution in [1.29, 1.82) is 5.41 Å². The SMILES string of the molecule is Br.CCOc1cc2c(cc1C(=O)NC)C(=N)N(CC(=O)c1cc3c(c(C(C)(C)C)c1)OCCO3)C2. The number of fused-ring (bicyclic) bond motifs is 2. The third-order valence-corrected chi connectivity index (χ3v) is 6.02. The molecule has 1 amide bonds. The average Bonchev–Trinajstić information content (AvgIpc) is 3.10. The number of nitrogens with zero attached hydrogens (tertiary/aromatic N) is 1. The molecule has 4 rings (SSSR count). The van der Waals surface area contributed by atoms with Gasteiger partial charge in [-0.3, -0.25) is 15.0 Å². The van der Waals surface area contributed by atoms with E-state index in [0.717, 1.165) is 11.1 Å². The Bertz CT molecular complexity index is 1170. The molecule has 0 fully saturated rings. The van der Waals surface area contributed by atoms with E-state index in [1.165, 1.54) is 0 Å². The van der Waals surface area contributed by atoms with Crippen molar-refractivity contribution in [2.75, 3.05) is 33.4 Å². The van der Waals surface area contributed by atoms with Crippen LogP contribution < -0.4 is 19.5 Å². The van der Waals surface area contributed by atoms with Crippen molar-refractivity contribution in [3.63, 3.8) is 0 Å². The van der Waals surface area contributed by atoms with E-state index in [1.807, 2.05) is 13.0 Å². The standard InChI is InChI=1S/C26H31N3O5.BrH/c1-6-32-21-11-16-13-29(24(27)17(16)12-18(21)25(31)28-5)14-20(30)15-9-19(26(2,3)4)23-22(10-15)33-7-8-34-23;/h9-12,27H,6-8,13-14H2,1-5H3,(H,28,31);1H. The quantitative estimate of drug-likeness (QED) is 0.529. The van der Waals surface area contributed by atoms with Crippen LogP contribution in [0.4, 0.5) is 0 Å². The van der Waals surface area contributed by atoms with Crippen LogP contribution >= 0.6 is 17.0 Å². The molecule has 2 aromatic carbocycles. The Balaban J connectivity index is 0.00000342. The minimum absolute atomic E-state index is 0. The van der Waals surface area contributed by atoms with Gasteiger partial charge in [0, 0.05) is 30.3 Å². The lowest BCUT2D eigenvalue weighted by Crippen LogP contribution is -2.30. The van der Waals surface area contributed by atoms with Gasteiger partial charge in [0.1, 0.15) is 24.8 Å². The number of benzene rings is 2. The predicted molar refractivity (Wildman–Crippen MR) is 139 cm³/mol. The van der Waals surface area contributed by atoms with Crippen LogP contribution in [-0.4, -0.2) is 55.8 Å². The molecular weight excluding hydrogens is 514 g/mol. The van der Waals surface area contributed by atoms with Crippen LogP contribution in [-0.2, 0) is 12.0 Å². The number of halogens is 1. The second-order valence-electron chi connectivity index (χ2n) is 9.44. The Morgan fingerprint density at radius 3 is 2.51 bits per heavy atom. The van der Waals surface area contributed by atoms with Gasteiger partial charge in [0.25, 0.3) is 5.91 Å². The van der Waals surface area contributed by atoms with Gasteiger partial charge in [-0.1, -0.05) is 20.8 Å². The molecule has 2 aliphatic rings. The first-order valence-electron chi connectivity index (χ1n) is 11.5. The molecule has 2 aromatic rings. The lowest BCUT2D eigenvalue weighted by Gasteiger charge is -2.28. The highest BCUT2D eigenvalue weighted by Gasteiger charge is 2.31. The molecule has 2 heterocycles. The monoisotopic (exact) mass is 545 g/mol. The number of ketones is 1. The first kappa shape index (κ1) is 26.5. The van der Waals surface area contributed by atoms with Gasteiger partial charge in [-0.2, -0.15) is 0 Å². The van der Waals surface area contributed by atoms with Gasteiger partial charge in [-0.15, -0.1) is 17.0 Å². The first-order valence-corrected chi connectivity index (χ1v) is 11.5. The van der Waals surface area contributed by atoms with Gasteiger partial charge in [0.2, 0.25) is 0 Å². The van der Waals surface area contributed by atoms with E-state index in [9.17, 15) is 9.59 Å². The summed E-state index contributed by atoms with van der Waals surface area (Å²) in [4.78, 5) is 27.4. The minimum atomic E-state index is -0.278. The number of carbonyl (C=O) groups excluding carboxylic acids is 2. The third kappa shape index (κ3) is 5.15. The number of amides is 1. The molecule has 0 spiro atoms. The fraction of sp³-hybridized carbons (Fsp3) is 0.423. The molecule has 0 radical (unpaired) electrons. The number of rotatable bonds is 6. The average molecular weight is 546 g/mol. The zero-order valence-electron chi connectivity index (χ0n) is 20.7. The molecule has 0 saturated heterocycles. The molecule has 9 heteroatoms. The van der Waals surface area contributed by atoms with Crippen molar-refractivity contribution in [3.05, 3.63) is 52.1 Å². The topological polar surface area (TPSA) is 101 Å². The van der Waals surface area contributed by atoms with Crippen LogP contribution in [0.1, 0.15) is 65.1 Å². The van der Waals surface area contributed by atoms with E-state index < -0.39 is 0 Å². The summed E-state index contributed by atoms with van der Waals surface area (Å²) in [5.41, 5.74) is 3.08. The zero-order valence-corrected chi connectivity index (χ0v) is 22.5. The van der Waals surface area contributed by atoms with Gasteiger partial charge < -0.3 is 24.4 Å². The lowest BCUT2D eigenvalue weighted by molar-refractivity contribution is 0.0952. The largest absolute Gasteiger partial charge is 0.493 e. The summed E-state index contributed by atoms with van der Waals surface area (Å²) >= 11 is 0. The maximum Gasteiger partial charge on any atom is 0.254 e. The number of nitrogens with one attached hydrogen (secondary N) is 2. The highest BCUT2D eigenvalue weighted by atomic mass is 79.9. The zero-order chi connectivity index (χ0) is 24.6. The minimum Gasteiger partial charge on any atom is -0.493 e. The molecule has 8 nitrogen and oxygen atoms in total. The summed E-state index contributed by atoms with van der Waals surface area (Å²) in [7, 11) is 1.56. The van der Waals surface area contributed by atoms with Gasteiger partial charge in [-0.05, 0) is 42.2 Å². The Morgan fingerprint density at radius 2 is 1.86 bits per heavy atom. The number of hydrogen-bond donors (Lipinski definition) is 2. The van der Waals surface area contributed by atoms with Crippen LogP contribution in [0.15, 0.2) is 24.3 Å². The van der Waals surface area contributed by atoms with E-state index in [2.05, 4.69) is 26.1 Å². The van der Waals surface area contributed by atoms with Crippen molar-refractivity contribution in [1.82, 2.24) is 10.2 Å². The van der Waals surface area contributed by atoms with E-state index in [0.29, 0.717) is 60.3 Å². The molecule has 35 heavy (non-hydrogen) atoms. The van der Waals surface area contributed by atoms with E-state index in [4.69, 9.17) is 19.6 Å². The van der Waals surface area contributed by atoms with Crippen LogP contribution in [0.25, 0.3) is 0 Å². The second-order valence-corrected chi connectivity index (χ2v) is 9.44. The number of hydrogen-bond acceptors (Lipinski definition) is 6. The number of carbonyl (C=O) groups is 2. The van der Waals surface area contributed by atoms with Crippen LogP contribution in [0.5, 0.6) is 17.2 Å². The van der Waals surface area contributed by atoms with E-state index in [1.54, 1.807) is 30.1 Å². The Labute approximate surface area is 216 Å². The molecule has 2 N–H and O–H groups in total. The molecular formula is C26H32BrN3O5. The van der Waals surface area contributed by atoms with Gasteiger partial charge in [0.15, 0.2) is 17.3 Å². The molecule has 2 aliphatic heterocycles. The van der Waals surface area contributed by atoms with Crippen molar-refractivity contribution in [3.8, 4) is 17.2 Å². The Kier molecular flexibility index (Phi) is 7.79. The van der Waals surface area contributed by atoms with E-state index in [-0.39, 0.29) is 46.5 Å². The van der Waals surface area contributed by atoms with Crippen LogP contribution in [0.3, 0.4) is 0 Å². The van der Waals surface area contributed by atoms with Gasteiger partial charge >= 0.3 is 0 Å². The lowest BCUT2D eigenvalue weighted by atomic mass is 9.84. The second kappa shape index (κ2) is 10.3. The molecule has 0 unspecified atom stereocenters. The highest BCUT2D eigenvalue weighted by Crippen LogP contribution is 2.41. The van der Waals surface area contributed by atoms with Crippen molar-refractivity contribution in [2.45, 2.75) is 39.7 Å². The summed E-state index contributed by atoms with van der Waals surface area (Å²) < 4.78 is 17.3. The molecule has 188 valence electrons. The van der Waals surface area contributed by atoms with Crippen LogP contribution in [0.2, 0.25) is 0 Å². The summed E-state index contributed by atoms with van der Waals surface area (Å²) in [6.45, 7) is 9.84. The summed E-state index contributed by atoms with van der Waals surface area (Å²) in [6.07, 6.45) is 0. The summed E-state index contributed by atoms with van der Waals surface area (Å²) in [5.74, 6) is 1.57. The molecule has 0 saturated carbocycles. The maximum atomic E-state index is 13.3. The number of Topliss-reactive ketones (excluding diaryl/α,β-unsaturated/α-hetero) is 1. The van der Waals surface area contributed by atoms with Gasteiger partial charge in [-0.25, -0.2) is 0 Å². The normalized spacial score (nSPS) is 14.2. The summed E-state index contributed by atoms with van der Waals surface area (Å²) in [5, 5.41) is 11.3. The molecule has 0 bridgehead atoms. The number of amidine groups is 1. The maximum absolute atomic E-state index is 13.3. The van der Waals surface area contributed by atoms with Crippen molar-refractivity contribution in [2.24, 2.45) is 0 Å². The van der Waals surface area contributed by atoms with Gasteiger partial charge in [0.05, 0.1) is 18.7 Å². The third-order valence-electron chi connectivity index (χ3n) is 6.02. The fourth-order valence-electron chi connectivity index (χ4n) is 4.29. The van der Waals surface area contributed by atoms with Crippen molar-refractivity contribution < 1.29 is 23.8 Å². The Hall–Kier alpha value is -3.07. The predicted octanol–water partition coefficient (Wildman–Crippen LogP) is 4.12. The molecule has 0 aliphatic carbocycles. The Morgan fingerprint density at radius 1 is 1.14 bits per heavy atom.